The predicted octanol–water partition coefficient (Wildman–Crippen LogP) is 7.38. The van der Waals surface area contributed by atoms with Crippen LogP contribution >= 0.6 is 11.6 Å². The summed E-state index contributed by atoms with van der Waals surface area (Å²) in [4.78, 5) is 0. The summed E-state index contributed by atoms with van der Waals surface area (Å²) >= 11 is 5.95. The standard InChI is InChI=1S/C28H28ClFO/c1-4-28(3,24-11-15-26(16-12-24)31-5-2)18-6-7-21-10-17-27(30)23(19-21)20-22-8-13-25(29)14-9-22/h1,8-17,19H,5-7,18,20H2,2-3H3. The van der Waals surface area contributed by atoms with Crippen molar-refractivity contribution in [1.29, 1.82) is 0 Å². The molecule has 0 saturated heterocycles. The molecule has 0 aliphatic heterocycles. The van der Waals surface area contributed by atoms with Crippen molar-refractivity contribution in [3.8, 4) is 18.1 Å². The zero-order valence-corrected chi connectivity index (χ0v) is 18.9. The Hall–Kier alpha value is -2.76. The number of aryl methyl sites for hydroxylation is 1. The van der Waals surface area contributed by atoms with Crippen molar-refractivity contribution in [2.45, 2.75) is 44.9 Å². The van der Waals surface area contributed by atoms with Crippen molar-refractivity contribution in [2.24, 2.45) is 0 Å². The maximum Gasteiger partial charge on any atom is 0.126 e. The summed E-state index contributed by atoms with van der Waals surface area (Å²) in [5.41, 5.74) is 3.62. The van der Waals surface area contributed by atoms with Crippen LogP contribution in [-0.4, -0.2) is 6.61 Å². The van der Waals surface area contributed by atoms with Crippen LogP contribution in [0.25, 0.3) is 0 Å². The molecular formula is C28H28ClFO. The van der Waals surface area contributed by atoms with Gasteiger partial charge in [-0.15, -0.1) is 6.42 Å². The summed E-state index contributed by atoms with van der Waals surface area (Å²) < 4.78 is 19.9. The molecule has 1 unspecified atom stereocenters. The molecule has 1 atom stereocenters. The van der Waals surface area contributed by atoms with Gasteiger partial charge >= 0.3 is 0 Å². The third kappa shape index (κ3) is 6.12. The first kappa shape index (κ1) is 22.9. The average molecular weight is 435 g/mol. The summed E-state index contributed by atoms with van der Waals surface area (Å²) in [7, 11) is 0. The van der Waals surface area contributed by atoms with Crippen LogP contribution < -0.4 is 4.74 Å². The van der Waals surface area contributed by atoms with Gasteiger partial charge in [-0.1, -0.05) is 53.9 Å². The van der Waals surface area contributed by atoms with Crippen molar-refractivity contribution in [3.63, 3.8) is 0 Å². The van der Waals surface area contributed by atoms with Crippen molar-refractivity contribution >= 4 is 11.6 Å². The maximum absolute atomic E-state index is 14.3. The number of benzene rings is 3. The summed E-state index contributed by atoms with van der Waals surface area (Å²) in [5, 5.41) is 0.682. The fourth-order valence-electron chi connectivity index (χ4n) is 3.77. The minimum atomic E-state index is -0.350. The molecule has 0 bridgehead atoms. The molecule has 0 radical (unpaired) electrons. The van der Waals surface area contributed by atoms with Crippen LogP contribution in [-0.2, 0) is 18.3 Å². The number of hydrogen-bond donors (Lipinski definition) is 0. The van der Waals surface area contributed by atoms with Gasteiger partial charge in [-0.3, -0.25) is 0 Å². The molecule has 31 heavy (non-hydrogen) atoms. The molecule has 0 fully saturated rings. The molecule has 0 aromatic heterocycles. The molecule has 3 aromatic carbocycles. The molecule has 3 rings (SSSR count). The van der Waals surface area contributed by atoms with Crippen LogP contribution in [0.4, 0.5) is 4.39 Å². The highest BCUT2D eigenvalue weighted by Gasteiger charge is 2.23. The van der Waals surface area contributed by atoms with Crippen molar-refractivity contribution in [3.05, 3.63) is 99.8 Å². The highest BCUT2D eigenvalue weighted by atomic mass is 35.5. The molecule has 3 aromatic rings. The smallest absolute Gasteiger partial charge is 0.126 e. The lowest BCUT2D eigenvalue weighted by Crippen LogP contribution is -2.19. The average Bonchev–Trinajstić information content (AvgIpc) is 2.78. The van der Waals surface area contributed by atoms with E-state index in [-0.39, 0.29) is 11.2 Å². The van der Waals surface area contributed by atoms with Crippen molar-refractivity contribution in [2.75, 3.05) is 6.61 Å². The maximum atomic E-state index is 14.3. The SMILES string of the molecule is C#CC(C)(CCCc1ccc(F)c(Cc2ccc(Cl)cc2)c1)c1ccc(OCC)cc1. The Balaban J connectivity index is 1.64. The topological polar surface area (TPSA) is 9.23 Å². The Morgan fingerprint density at radius 3 is 2.32 bits per heavy atom. The Bertz CT molecular complexity index is 1030. The number of ether oxygens (including phenoxy) is 1. The zero-order chi connectivity index (χ0) is 22.3. The normalized spacial score (nSPS) is 12.7. The molecule has 1 nitrogen and oxygen atoms in total. The van der Waals surface area contributed by atoms with Crippen molar-refractivity contribution < 1.29 is 9.13 Å². The van der Waals surface area contributed by atoms with E-state index in [2.05, 4.69) is 12.8 Å². The third-order valence-electron chi connectivity index (χ3n) is 5.68. The van der Waals surface area contributed by atoms with E-state index in [0.29, 0.717) is 23.6 Å². The minimum Gasteiger partial charge on any atom is -0.494 e. The molecule has 3 heteroatoms. The van der Waals surface area contributed by atoms with Crippen LogP contribution in [0.5, 0.6) is 5.75 Å². The first-order valence-corrected chi connectivity index (χ1v) is 11.0. The number of rotatable bonds is 9. The molecule has 0 spiro atoms. The second kappa shape index (κ2) is 10.5. The minimum absolute atomic E-state index is 0.179. The highest BCUT2D eigenvalue weighted by Crippen LogP contribution is 2.30. The Kier molecular flexibility index (Phi) is 7.77. The lowest BCUT2D eigenvalue weighted by molar-refractivity contribution is 0.340. The van der Waals surface area contributed by atoms with Crippen LogP contribution in [0.1, 0.15) is 48.9 Å². The van der Waals surface area contributed by atoms with Gasteiger partial charge in [0.05, 0.1) is 12.0 Å². The molecule has 0 heterocycles. The highest BCUT2D eigenvalue weighted by molar-refractivity contribution is 6.30. The first-order valence-electron chi connectivity index (χ1n) is 10.7. The molecule has 160 valence electrons. The monoisotopic (exact) mass is 434 g/mol. The largest absolute Gasteiger partial charge is 0.494 e. The van der Waals surface area contributed by atoms with Gasteiger partial charge in [0.2, 0.25) is 0 Å². The molecule has 0 aliphatic rings. The van der Waals surface area contributed by atoms with E-state index in [1.54, 1.807) is 6.07 Å². The van der Waals surface area contributed by atoms with Crippen LogP contribution in [0.2, 0.25) is 5.02 Å². The zero-order valence-electron chi connectivity index (χ0n) is 18.1. The Morgan fingerprint density at radius 1 is 1.00 bits per heavy atom. The van der Waals surface area contributed by atoms with E-state index in [9.17, 15) is 4.39 Å². The first-order chi connectivity index (χ1) is 14.9. The van der Waals surface area contributed by atoms with Crippen LogP contribution in [0.3, 0.4) is 0 Å². The van der Waals surface area contributed by atoms with Crippen LogP contribution in [0.15, 0.2) is 66.7 Å². The van der Waals surface area contributed by atoms with E-state index < -0.39 is 0 Å². The van der Waals surface area contributed by atoms with E-state index in [0.717, 1.165) is 41.7 Å². The van der Waals surface area contributed by atoms with E-state index in [4.69, 9.17) is 22.8 Å². The van der Waals surface area contributed by atoms with Crippen LogP contribution in [0, 0.1) is 18.2 Å². The predicted molar refractivity (Wildman–Crippen MR) is 127 cm³/mol. The molecule has 0 N–H and O–H groups in total. The summed E-state index contributed by atoms with van der Waals surface area (Å²) in [6, 6.07) is 21.0. The second-order valence-electron chi connectivity index (χ2n) is 8.02. The van der Waals surface area contributed by atoms with Gasteiger partial charge in [-0.25, -0.2) is 4.39 Å². The van der Waals surface area contributed by atoms with E-state index in [1.807, 2.05) is 67.6 Å². The lowest BCUT2D eigenvalue weighted by atomic mass is 9.78. The number of terminal acetylenes is 1. The van der Waals surface area contributed by atoms with Crippen molar-refractivity contribution in [1.82, 2.24) is 0 Å². The Labute approximate surface area is 190 Å². The van der Waals surface area contributed by atoms with E-state index >= 15 is 0 Å². The molecule has 0 amide bonds. The number of hydrogen-bond acceptors (Lipinski definition) is 1. The van der Waals surface area contributed by atoms with Gasteiger partial charge in [0.25, 0.3) is 0 Å². The van der Waals surface area contributed by atoms with Gasteiger partial charge in [-0.2, -0.15) is 0 Å². The quantitative estimate of drug-likeness (QED) is 0.319. The third-order valence-corrected chi connectivity index (χ3v) is 5.93. The number of halogens is 2. The van der Waals surface area contributed by atoms with Gasteiger partial charge in [-0.05, 0) is 85.7 Å². The molecule has 0 aliphatic carbocycles. The lowest BCUT2D eigenvalue weighted by Gasteiger charge is -2.24. The summed E-state index contributed by atoms with van der Waals surface area (Å²) in [6.07, 6.45) is 9.08. The summed E-state index contributed by atoms with van der Waals surface area (Å²) in [5.74, 6) is 3.65. The molecular weight excluding hydrogens is 407 g/mol. The Morgan fingerprint density at radius 2 is 1.68 bits per heavy atom. The van der Waals surface area contributed by atoms with Gasteiger partial charge in [0.15, 0.2) is 0 Å². The molecule has 0 saturated carbocycles. The van der Waals surface area contributed by atoms with Gasteiger partial charge in [0.1, 0.15) is 11.6 Å². The summed E-state index contributed by atoms with van der Waals surface area (Å²) in [6.45, 7) is 4.71. The van der Waals surface area contributed by atoms with Gasteiger partial charge in [0, 0.05) is 11.4 Å². The fraction of sp³-hybridized carbons (Fsp3) is 0.286. The van der Waals surface area contributed by atoms with E-state index in [1.165, 1.54) is 0 Å². The fourth-order valence-corrected chi connectivity index (χ4v) is 3.90. The second-order valence-corrected chi connectivity index (χ2v) is 8.45. The van der Waals surface area contributed by atoms with Gasteiger partial charge < -0.3 is 4.74 Å².